The molecule has 0 amide bonds. The highest BCUT2D eigenvalue weighted by Gasteiger charge is 2.62. The van der Waals surface area contributed by atoms with Crippen molar-refractivity contribution in [1.29, 1.82) is 0 Å². The second kappa shape index (κ2) is 7.22. The van der Waals surface area contributed by atoms with Gasteiger partial charge in [-0.1, -0.05) is 55.5 Å². The van der Waals surface area contributed by atoms with Crippen molar-refractivity contribution >= 4 is 5.97 Å². The highest BCUT2D eigenvalue weighted by Crippen LogP contribution is 2.60. The number of fused-ring (bicyclic) bond motifs is 1. The fourth-order valence-electron chi connectivity index (χ4n) is 4.95. The molecule has 158 valence electrons. The Balaban J connectivity index is 1.64. The van der Waals surface area contributed by atoms with E-state index in [1.54, 1.807) is 24.3 Å². The van der Waals surface area contributed by atoms with E-state index in [1.807, 2.05) is 55.5 Å². The quantitative estimate of drug-likeness (QED) is 0.609. The molecule has 0 aliphatic heterocycles. The molecule has 0 saturated carbocycles. The number of hydrogen-bond donors (Lipinski definition) is 2. The van der Waals surface area contributed by atoms with Crippen LogP contribution in [0.25, 0.3) is 0 Å². The van der Waals surface area contributed by atoms with Crippen LogP contribution in [0.3, 0.4) is 0 Å². The lowest BCUT2D eigenvalue weighted by Gasteiger charge is -2.53. The van der Waals surface area contributed by atoms with Crippen LogP contribution in [0.2, 0.25) is 0 Å². The topological polar surface area (TPSA) is 76.0 Å². The van der Waals surface area contributed by atoms with Gasteiger partial charge in [-0.15, -0.1) is 0 Å². The van der Waals surface area contributed by atoms with E-state index in [0.717, 1.165) is 0 Å². The summed E-state index contributed by atoms with van der Waals surface area (Å²) in [6, 6.07) is 21.9. The molecule has 3 unspecified atom stereocenters. The fourth-order valence-corrected chi connectivity index (χ4v) is 4.95. The van der Waals surface area contributed by atoms with Crippen molar-refractivity contribution < 1.29 is 24.5 Å². The zero-order valence-electron chi connectivity index (χ0n) is 17.2. The lowest BCUT2D eigenvalue weighted by Crippen LogP contribution is -2.57. The number of carbonyl (C=O) groups is 1. The predicted molar refractivity (Wildman–Crippen MR) is 115 cm³/mol. The Kier molecular flexibility index (Phi) is 4.61. The van der Waals surface area contributed by atoms with E-state index in [0.29, 0.717) is 40.2 Å². The maximum atomic E-state index is 12.9. The average molecular weight is 416 g/mol. The Bertz CT molecular complexity index is 1140. The smallest absolute Gasteiger partial charge is 0.312 e. The summed E-state index contributed by atoms with van der Waals surface area (Å²) in [5.41, 5.74) is -0.775. The van der Waals surface area contributed by atoms with E-state index in [1.165, 1.54) is 0 Å². The van der Waals surface area contributed by atoms with E-state index in [-0.39, 0.29) is 13.0 Å². The van der Waals surface area contributed by atoms with Gasteiger partial charge < -0.3 is 19.7 Å². The minimum absolute atomic E-state index is 0.0465. The van der Waals surface area contributed by atoms with Gasteiger partial charge in [-0.2, -0.15) is 0 Å². The Morgan fingerprint density at radius 1 is 0.903 bits per heavy atom. The Morgan fingerprint density at radius 2 is 1.58 bits per heavy atom. The predicted octanol–water partition coefficient (Wildman–Crippen LogP) is 4.24. The number of para-hydroxylation sites is 1. The largest absolute Gasteiger partial charge is 0.465 e. The molecule has 3 aromatic carbocycles. The lowest BCUT2D eigenvalue weighted by molar-refractivity contribution is -0.166. The molecule has 0 spiro atoms. The molecule has 5 nitrogen and oxygen atoms in total. The van der Waals surface area contributed by atoms with Crippen molar-refractivity contribution in [3.05, 3.63) is 95.1 Å². The summed E-state index contributed by atoms with van der Waals surface area (Å²) < 4.78 is 11.4. The van der Waals surface area contributed by atoms with Crippen LogP contribution >= 0.6 is 0 Å². The van der Waals surface area contributed by atoms with Gasteiger partial charge in [-0.05, 0) is 52.9 Å². The first-order valence-electron chi connectivity index (χ1n) is 10.6. The summed E-state index contributed by atoms with van der Waals surface area (Å²) >= 11 is 0. The molecular weight excluding hydrogens is 392 g/mol. The molecule has 31 heavy (non-hydrogen) atoms. The van der Waals surface area contributed by atoms with Gasteiger partial charge in [-0.3, -0.25) is 4.79 Å². The summed E-state index contributed by atoms with van der Waals surface area (Å²) in [7, 11) is 0. The summed E-state index contributed by atoms with van der Waals surface area (Å²) in [5, 5.41) is 23.9. The summed E-state index contributed by atoms with van der Waals surface area (Å²) in [5.74, 6) is -0.160. The first kappa shape index (κ1) is 19.8. The first-order chi connectivity index (χ1) is 15.0. The number of ether oxygens (including phenoxy) is 2. The molecular formula is C26H24O5. The van der Waals surface area contributed by atoms with E-state index < -0.39 is 23.1 Å². The second-order valence-electron chi connectivity index (χ2n) is 8.22. The average Bonchev–Trinajstić information content (AvgIpc) is 2.80. The molecule has 2 N–H and O–H groups in total. The van der Waals surface area contributed by atoms with Crippen LogP contribution in [0.5, 0.6) is 11.5 Å². The van der Waals surface area contributed by atoms with Crippen LogP contribution in [0.4, 0.5) is 0 Å². The van der Waals surface area contributed by atoms with Crippen molar-refractivity contribution in [2.45, 2.75) is 31.0 Å². The lowest BCUT2D eigenvalue weighted by atomic mass is 9.54. The van der Waals surface area contributed by atoms with Crippen LogP contribution in [-0.2, 0) is 20.7 Å². The van der Waals surface area contributed by atoms with Gasteiger partial charge in [0, 0.05) is 6.42 Å². The van der Waals surface area contributed by atoms with Gasteiger partial charge >= 0.3 is 5.97 Å². The third kappa shape index (κ3) is 2.88. The maximum absolute atomic E-state index is 12.9. The molecule has 0 heterocycles. The van der Waals surface area contributed by atoms with Gasteiger partial charge in [0.25, 0.3) is 0 Å². The molecule has 2 bridgehead atoms. The Labute approximate surface area is 180 Å². The third-order valence-corrected chi connectivity index (χ3v) is 6.35. The van der Waals surface area contributed by atoms with Gasteiger partial charge in [0.05, 0.1) is 12.5 Å². The summed E-state index contributed by atoms with van der Waals surface area (Å²) in [6.45, 7) is 2.20. The molecule has 0 radical (unpaired) electrons. The number of esters is 1. The van der Waals surface area contributed by atoms with Crippen molar-refractivity contribution in [1.82, 2.24) is 0 Å². The second-order valence-corrected chi connectivity index (χ2v) is 8.22. The number of hydrogen-bond acceptors (Lipinski definition) is 5. The zero-order chi connectivity index (χ0) is 21.6. The van der Waals surface area contributed by atoms with Crippen LogP contribution < -0.4 is 4.74 Å². The number of carbonyl (C=O) groups excluding carboxylic acids is 1. The van der Waals surface area contributed by atoms with E-state index in [4.69, 9.17) is 9.47 Å². The monoisotopic (exact) mass is 416 g/mol. The normalized spacial score (nSPS) is 25.5. The van der Waals surface area contributed by atoms with Gasteiger partial charge in [-0.25, -0.2) is 0 Å². The van der Waals surface area contributed by atoms with Crippen LogP contribution in [0.1, 0.15) is 42.0 Å². The van der Waals surface area contributed by atoms with Crippen molar-refractivity contribution in [2.75, 3.05) is 6.61 Å². The minimum atomic E-state index is -1.58. The van der Waals surface area contributed by atoms with Crippen LogP contribution in [0.15, 0.2) is 72.8 Å². The molecule has 0 fully saturated rings. The molecule has 0 saturated heterocycles. The first-order valence-corrected chi connectivity index (χ1v) is 10.6. The van der Waals surface area contributed by atoms with Gasteiger partial charge in [0.2, 0.25) is 0 Å². The number of benzene rings is 3. The van der Waals surface area contributed by atoms with E-state index in [9.17, 15) is 15.0 Å². The number of aliphatic hydroxyl groups is 2. The van der Waals surface area contributed by atoms with Crippen molar-refractivity contribution in [3.63, 3.8) is 0 Å². The number of rotatable bonds is 5. The highest BCUT2D eigenvalue weighted by atomic mass is 16.5. The summed E-state index contributed by atoms with van der Waals surface area (Å²) in [6.07, 6.45) is 0.735. The third-order valence-electron chi connectivity index (χ3n) is 6.35. The van der Waals surface area contributed by atoms with Crippen molar-refractivity contribution in [2.24, 2.45) is 5.92 Å². The van der Waals surface area contributed by atoms with Gasteiger partial charge in [0.15, 0.2) is 0 Å². The summed E-state index contributed by atoms with van der Waals surface area (Å²) in [4.78, 5) is 12.9. The maximum Gasteiger partial charge on any atom is 0.312 e. The highest BCUT2D eigenvalue weighted by molar-refractivity contribution is 5.79. The van der Waals surface area contributed by atoms with Crippen molar-refractivity contribution in [3.8, 4) is 11.5 Å². The molecule has 6 rings (SSSR count). The standard InChI is InChI=1S/C26H24O5/c1-2-14-30-24(27)23-16-25(28)19-10-6-7-11-20(19)26(23,29)21-13-12-18(15-22(21)25)31-17-8-4-3-5-9-17/h3-13,15,23,28-29H,2,14,16H2,1H3. The molecule has 3 atom stereocenters. The SMILES string of the molecule is CCCOC(=O)C1CC2(O)c3ccccc3C1(O)c1ccc(Oc3ccccc3)cc12. The van der Waals surface area contributed by atoms with E-state index >= 15 is 0 Å². The molecule has 0 aromatic heterocycles. The Morgan fingerprint density at radius 3 is 2.32 bits per heavy atom. The van der Waals surface area contributed by atoms with Gasteiger partial charge in [0.1, 0.15) is 22.7 Å². The zero-order valence-corrected chi connectivity index (χ0v) is 17.2. The van der Waals surface area contributed by atoms with Crippen LogP contribution in [-0.4, -0.2) is 22.8 Å². The Hall–Kier alpha value is -3.15. The molecule has 3 aliphatic carbocycles. The fraction of sp³-hybridized carbons (Fsp3) is 0.269. The molecule has 5 heteroatoms. The minimum Gasteiger partial charge on any atom is -0.465 e. The molecule has 3 aliphatic rings. The molecule has 3 aromatic rings. The van der Waals surface area contributed by atoms with E-state index in [2.05, 4.69) is 0 Å². The van der Waals surface area contributed by atoms with Crippen LogP contribution in [0, 0.1) is 5.92 Å².